The summed E-state index contributed by atoms with van der Waals surface area (Å²) in [6.07, 6.45) is 4.96. The third-order valence-electron chi connectivity index (χ3n) is 5.35. The Balaban J connectivity index is 2.38. The van der Waals surface area contributed by atoms with E-state index in [0.29, 0.717) is 5.75 Å². The van der Waals surface area contributed by atoms with Gasteiger partial charge in [0.25, 0.3) is 0 Å². The van der Waals surface area contributed by atoms with Crippen molar-refractivity contribution in [2.75, 3.05) is 0 Å². The van der Waals surface area contributed by atoms with Crippen LogP contribution in [0.25, 0.3) is 0 Å². The number of phenolic OH excluding ortho intramolecular Hbond substituents is 1. The van der Waals surface area contributed by atoms with Crippen LogP contribution in [0.2, 0.25) is 0 Å². The fourth-order valence-corrected chi connectivity index (χ4v) is 3.43. The summed E-state index contributed by atoms with van der Waals surface area (Å²) >= 11 is 0. The first-order valence-corrected chi connectivity index (χ1v) is 9.18. The maximum Gasteiger partial charge on any atom is 0.119 e. The van der Waals surface area contributed by atoms with Gasteiger partial charge < -0.3 is 5.11 Å². The molecule has 24 heavy (non-hydrogen) atoms. The van der Waals surface area contributed by atoms with E-state index in [0.717, 1.165) is 5.56 Å². The minimum Gasteiger partial charge on any atom is -0.508 e. The Bertz CT molecular complexity index is 653. The van der Waals surface area contributed by atoms with Crippen molar-refractivity contribution in [1.82, 2.24) is 0 Å². The largest absolute Gasteiger partial charge is 0.508 e. The Morgan fingerprint density at radius 1 is 0.833 bits per heavy atom. The van der Waals surface area contributed by atoms with E-state index < -0.39 is 0 Å². The second kappa shape index (κ2) is 7.42. The van der Waals surface area contributed by atoms with E-state index in [-0.39, 0.29) is 10.8 Å². The van der Waals surface area contributed by atoms with E-state index in [9.17, 15) is 5.11 Å². The maximum atomic E-state index is 10.5. The quantitative estimate of drug-likeness (QED) is 0.571. The van der Waals surface area contributed by atoms with E-state index in [4.69, 9.17) is 0 Å². The number of phenols is 1. The van der Waals surface area contributed by atoms with Crippen LogP contribution in [0.3, 0.4) is 0 Å². The van der Waals surface area contributed by atoms with Crippen molar-refractivity contribution >= 4 is 0 Å². The number of aromatic hydroxyl groups is 1. The van der Waals surface area contributed by atoms with Crippen molar-refractivity contribution in [2.24, 2.45) is 0 Å². The molecule has 0 heterocycles. The van der Waals surface area contributed by atoms with Crippen molar-refractivity contribution in [3.63, 3.8) is 0 Å². The second-order valence-electron chi connectivity index (χ2n) is 8.06. The van der Waals surface area contributed by atoms with Crippen LogP contribution in [0, 0.1) is 0 Å². The van der Waals surface area contributed by atoms with Crippen LogP contribution >= 0.6 is 0 Å². The lowest BCUT2D eigenvalue weighted by molar-refractivity contribution is 0.437. The first-order valence-electron chi connectivity index (χ1n) is 9.18. The molecule has 2 aromatic rings. The van der Waals surface area contributed by atoms with Gasteiger partial charge in [0, 0.05) is 11.0 Å². The average Bonchev–Trinajstić information content (AvgIpc) is 2.56. The van der Waals surface area contributed by atoms with E-state index in [1.54, 1.807) is 0 Å². The lowest BCUT2D eigenvalue weighted by Crippen LogP contribution is -2.22. The minimum absolute atomic E-state index is 0.129. The van der Waals surface area contributed by atoms with Gasteiger partial charge in [-0.05, 0) is 29.0 Å². The molecule has 0 aliphatic rings. The smallest absolute Gasteiger partial charge is 0.119 e. The highest BCUT2D eigenvalue weighted by Gasteiger charge is 2.29. The van der Waals surface area contributed by atoms with Gasteiger partial charge in [-0.1, -0.05) is 96.3 Å². The molecule has 0 fully saturated rings. The molecular weight excluding hydrogens is 292 g/mol. The molecule has 0 bridgehead atoms. The Hall–Kier alpha value is -1.76. The molecule has 1 heteroatoms. The number of hydrogen-bond donors (Lipinski definition) is 1. The van der Waals surface area contributed by atoms with Crippen molar-refractivity contribution in [1.29, 1.82) is 0 Å². The molecule has 0 spiro atoms. The fraction of sp³-hybridized carbons (Fsp3) is 0.478. The maximum absolute atomic E-state index is 10.5. The van der Waals surface area contributed by atoms with Crippen molar-refractivity contribution in [3.8, 4) is 5.75 Å². The summed E-state index contributed by atoms with van der Waals surface area (Å²) < 4.78 is 0. The summed E-state index contributed by atoms with van der Waals surface area (Å²) in [7, 11) is 0. The summed E-state index contributed by atoms with van der Waals surface area (Å²) in [5.74, 6) is 0.386. The van der Waals surface area contributed by atoms with Crippen LogP contribution in [0.15, 0.2) is 48.5 Å². The molecule has 2 aromatic carbocycles. The van der Waals surface area contributed by atoms with Crippen LogP contribution in [0.1, 0.15) is 77.0 Å². The first kappa shape index (κ1) is 18.6. The Morgan fingerprint density at radius 3 is 2.12 bits per heavy atom. The molecule has 0 atom stereocenters. The Morgan fingerprint density at radius 2 is 1.50 bits per heavy atom. The molecular formula is C23H32O. The van der Waals surface area contributed by atoms with Crippen LogP contribution in [0.4, 0.5) is 0 Å². The van der Waals surface area contributed by atoms with Crippen molar-refractivity contribution < 1.29 is 5.11 Å². The molecule has 0 radical (unpaired) electrons. The van der Waals surface area contributed by atoms with Crippen LogP contribution in [-0.2, 0) is 10.8 Å². The van der Waals surface area contributed by atoms with Crippen molar-refractivity contribution in [2.45, 2.75) is 71.1 Å². The van der Waals surface area contributed by atoms with Crippen LogP contribution in [0.5, 0.6) is 5.75 Å². The molecule has 0 saturated heterocycles. The normalized spacial score (nSPS) is 12.4. The molecule has 2 rings (SSSR count). The highest BCUT2D eigenvalue weighted by atomic mass is 16.3. The molecule has 0 aromatic heterocycles. The zero-order valence-corrected chi connectivity index (χ0v) is 15.9. The van der Waals surface area contributed by atoms with Crippen molar-refractivity contribution in [3.05, 3.63) is 65.2 Å². The summed E-state index contributed by atoms with van der Waals surface area (Å²) in [5.41, 5.74) is 3.46. The van der Waals surface area contributed by atoms with Gasteiger partial charge in [-0.25, -0.2) is 0 Å². The number of hydrogen-bond acceptors (Lipinski definition) is 1. The zero-order valence-electron chi connectivity index (χ0n) is 15.9. The molecule has 1 N–H and O–H groups in total. The van der Waals surface area contributed by atoms with E-state index >= 15 is 0 Å². The summed E-state index contributed by atoms with van der Waals surface area (Å²) in [6, 6.07) is 16.6. The lowest BCUT2D eigenvalue weighted by Gasteiger charge is -2.31. The van der Waals surface area contributed by atoms with Gasteiger partial charge in [0.1, 0.15) is 5.75 Å². The molecule has 0 saturated carbocycles. The molecule has 0 amide bonds. The SMILES string of the molecule is CCCCCC(C)(C)c1ccc(O)c(C(C)(C)c2ccccc2)c1. The van der Waals surface area contributed by atoms with Gasteiger partial charge in [-0.15, -0.1) is 0 Å². The minimum atomic E-state index is -0.221. The molecule has 1 nitrogen and oxygen atoms in total. The fourth-order valence-electron chi connectivity index (χ4n) is 3.43. The molecule has 0 aliphatic carbocycles. The highest BCUT2D eigenvalue weighted by molar-refractivity contribution is 5.48. The van der Waals surface area contributed by atoms with Gasteiger partial charge >= 0.3 is 0 Å². The predicted molar refractivity (Wildman–Crippen MR) is 104 cm³/mol. The predicted octanol–water partition coefficient (Wildman–Crippen LogP) is 6.58. The van der Waals surface area contributed by atoms with Gasteiger partial charge in [0.15, 0.2) is 0 Å². The third-order valence-corrected chi connectivity index (χ3v) is 5.35. The third kappa shape index (κ3) is 4.01. The number of rotatable bonds is 7. The topological polar surface area (TPSA) is 20.2 Å². The van der Waals surface area contributed by atoms with E-state index in [2.05, 4.69) is 71.0 Å². The monoisotopic (exact) mass is 324 g/mol. The van der Waals surface area contributed by atoms with Gasteiger partial charge in [-0.3, -0.25) is 0 Å². The Kier molecular flexibility index (Phi) is 5.74. The zero-order chi connectivity index (χ0) is 17.8. The van der Waals surface area contributed by atoms with Gasteiger partial charge in [0.2, 0.25) is 0 Å². The average molecular weight is 325 g/mol. The summed E-state index contributed by atoms with van der Waals surface area (Å²) in [6.45, 7) is 11.2. The summed E-state index contributed by atoms with van der Waals surface area (Å²) in [5, 5.41) is 10.5. The highest BCUT2D eigenvalue weighted by Crippen LogP contribution is 2.40. The van der Waals surface area contributed by atoms with Crippen LogP contribution < -0.4 is 0 Å². The Labute approximate surface area is 147 Å². The molecule has 0 unspecified atom stereocenters. The number of unbranched alkanes of at least 4 members (excludes halogenated alkanes) is 2. The molecule has 0 aliphatic heterocycles. The first-order chi connectivity index (χ1) is 11.3. The lowest BCUT2D eigenvalue weighted by atomic mass is 9.73. The standard InChI is InChI=1S/C23H32O/c1-6-7-11-16-22(2,3)19-14-15-21(24)20(17-19)23(4,5)18-12-9-8-10-13-18/h8-10,12-15,17,24H,6-7,11,16H2,1-5H3. The van der Waals surface area contributed by atoms with Gasteiger partial charge in [-0.2, -0.15) is 0 Å². The van der Waals surface area contributed by atoms with Gasteiger partial charge in [0.05, 0.1) is 0 Å². The molecule has 130 valence electrons. The number of benzene rings is 2. The van der Waals surface area contributed by atoms with E-state index in [1.165, 1.54) is 36.8 Å². The second-order valence-corrected chi connectivity index (χ2v) is 8.06. The van der Waals surface area contributed by atoms with E-state index in [1.807, 2.05) is 12.1 Å². The van der Waals surface area contributed by atoms with Crippen LogP contribution in [-0.4, -0.2) is 5.11 Å². The summed E-state index contributed by atoms with van der Waals surface area (Å²) in [4.78, 5) is 0.